The molecule has 0 fully saturated rings. The summed E-state index contributed by atoms with van der Waals surface area (Å²) in [6.45, 7) is 3.52. The van der Waals surface area contributed by atoms with Crippen molar-refractivity contribution in [2.45, 2.75) is 45.3 Å². The maximum absolute atomic E-state index is 12.7. The highest BCUT2D eigenvalue weighted by atomic mass is 16.5. The molecule has 1 aromatic rings. The van der Waals surface area contributed by atoms with Gasteiger partial charge in [-0.1, -0.05) is 18.2 Å². The Balaban J connectivity index is 1.69. The highest BCUT2D eigenvalue weighted by Crippen LogP contribution is 2.32. The molecule has 0 saturated carbocycles. The molecule has 1 N–H and O–H groups in total. The molecule has 2 heterocycles. The van der Waals surface area contributed by atoms with Crippen LogP contribution >= 0.6 is 0 Å². The van der Waals surface area contributed by atoms with Crippen molar-refractivity contribution in [2.24, 2.45) is 5.10 Å². The minimum atomic E-state index is -0.925. The molecule has 126 valence electrons. The molecule has 7 heteroatoms. The molecule has 3 rings (SSSR count). The Kier molecular flexibility index (Phi) is 4.33. The maximum Gasteiger partial charge on any atom is 0.355 e. The first-order valence-corrected chi connectivity index (χ1v) is 7.94. The first kappa shape index (κ1) is 16.2. The van der Waals surface area contributed by atoms with E-state index in [1.807, 2.05) is 31.2 Å². The fourth-order valence-corrected chi connectivity index (χ4v) is 3.00. The van der Waals surface area contributed by atoms with Gasteiger partial charge in [-0.3, -0.25) is 9.59 Å². The van der Waals surface area contributed by atoms with Crippen LogP contribution in [0.1, 0.15) is 32.3 Å². The molecular formula is C17H19N3O4. The van der Waals surface area contributed by atoms with Crippen LogP contribution in [-0.2, 0) is 25.5 Å². The molecule has 0 unspecified atom stereocenters. The Bertz CT molecular complexity index is 728. The average Bonchev–Trinajstić information content (AvgIpc) is 2.90. The van der Waals surface area contributed by atoms with E-state index in [-0.39, 0.29) is 36.4 Å². The number of fused-ring (bicyclic) bond motifs is 1. The van der Waals surface area contributed by atoms with Crippen LogP contribution in [0.25, 0.3) is 0 Å². The summed E-state index contributed by atoms with van der Waals surface area (Å²) in [5, 5.41) is 3.69. The normalized spacial score (nSPS) is 20.8. The van der Waals surface area contributed by atoms with Gasteiger partial charge in [0.05, 0.1) is 0 Å². The fraction of sp³-hybridized carbons (Fsp3) is 0.412. The number of carbonyl (C=O) groups excluding carboxylic acids is 3. The van der Waals surface area contributed by atoms with Gasteiger partial charge in [-0.25, -0.2) is 10.2 Å². The molecule has 2 amide bonds. The number of anilines is 1. The lowest BCUT2D eigenvalue weighted by Gasteiger charge is -2.26. The molecule has 24 heavy (non-hydrogen) atoms. The van der Waals surface area contributed by atoms with Gasteiger partial charge >= 0.3 is 5.97 Å². The van der Waals surface area contributed by atoms with Crippen LogP contribution in [0.4, 0.5) is 5.69 Å². The Hall–Kier alpha value is -2.70. The number of benzene rings is 1. The molecule has 0 bridgehead atoms. The Morgan fingerprint density at radius 2 is 2.08 bits per heavy atom. The highest BCUT2D eigenvalue weighted by molar-refractivity contribution is 6.37. The lowest BCUT2D eigenvalue weighted by atomic mass is 10.1. The van der Waals surface area contributed by atoms with Gasteiger partial charge in [-0.2, -0.15) is 5.10 Å². The SMILES string of the molecule is C[C@@H](OC(=O)C1=NNC(=O)CC1)C(=O)N1c2ccccc2C[C@@H]1C. The minimum absolute atomic E-state index is 0.0161. The molecule has 2 aliphatic rings. The minimum Gasteiger partial charge on any atom is -0.448 e. The summed E-state index contributed by atoms with van der Waals surface area (Å²) in [5.74, 6) is -1.17. The fourth-order valence-electron chi connectivity index (χ4n) is 3.00. The van der Waals surface area contributed by atoms with E-state index in [2.05, 4.69) is 10.5 Å². The summed E-state index contributed by atoms with van der Waals surface area (Å²) >= 11 is 0. The third-order valence-electron chi connectivity index (χ3n) is 4.22. The summed E-state index contributed by atoms with van der Waals surface area (Å²) < 4.78 is 5.25. The Morgan fingerprint density at radius 3 is 2.79 bits per heavy atom. The number of carbonyl (C=O) groups is 3. The predicted octanol–water partition coefficient (Wildman–Crippen LogP) is 1.16. The van der Waals surface area contributed by atoms with Crippen molar-refractivity contribution in [1.29, 1.82) is 0 Å². The quantitative estimate of drug-likeness (QED) is 0.843. The van der Waals surface area contributed by atoms with Crippen LogP contribution in [0.3, 0.4) is 0 Å². The van der Waals surface area contributed by atoms with Crippen molar-refractivity contribution in [3.8, 4) is 0 Å². The average molecular weight is 329 g/mol. The number of para-hydroxylation sites is 1. The van der Waals surface area contributed by atoms with E-state index in [1.54, 1.807) is 11.8 Å². The largest absolute Gasteiger partial charge is 0.448 e. The zero-order chi connectivity index (χ0) is 17.3. The van der Waals surface area contributed by atoms with Gasteiger partial charge in [0, 0.05) is 24.6 Å². The molecule has 0 aliphatic carbocycles. The topological polar surface area (TPSA) is 88.1 Å². The number of nitrogens with one attached hydrogen (secondary N) is 1. The van der Waals surface area contributed by atoms with Crippen molar-refractivity contribution in [3.63, 3.8) is 0 Å². The van der Waals surface area contributed by atoms with Crippen LogP contribution in [0.15, 0.2) is 29.4 Å². The van der Waals surface area contributed by atoms with Gasteiger partial charge in [-0.15, -0.1) is 0 Å². The molecule has 0 spiro atoms. The molecule has 2 atom stereocenters. The summed E-state index contributed by atoms with van der Waals surface area (Å²) in [6, 6.07) is 7.73. The number of hydrazone groups is 1. The molecular weight excluding hydrogens is 310 g/mol. The second-order valence-corrected chi connectivity index (χ2v) is 6.03. The molecule has 1 aromatic carbocycles. The zero-order valence-electron chi connectivity index (χ0n) is 13.6. The Morgan fingerprint density at radius 1 is 1.33 bits per heavy atom. The predicted molar refractivity (Wildman–Crippen MR) is 87.5 cm³/mol. The molecule has 0 aromatic heterocycles. The summed E-state index contributed by atoms with van der Waals surface area (Å²) in [4.78, 5) is 37.6. The number of ether oxygens (including phenoxy) is 1. The van der Waals surface area contributed by atoms with Crippen molar-refractivity contribution in [3.05, 3.63) is 29.8 Å². The van der Waals surface area contributed by atoms with Gasteiger partial charge < -0.3 is 9.64 Å². The molecule has 0 radical (unpaired) electrons. The van der Waals surface area contributed by atoms with Crippen molar-refractivity contribution >= 4 is 29.2 Å². The lowest BCUT2D eigenvalue weighted by Crippen LogP contribution is -2.44. The van der Waals surface area contributed by atoms with E-state index in [0.717, 1.165) is 17.7 Å². The smallest absolute Gasteiger partial charge is 0.355 e. The first-order valence-electron chi connectivity index (χ1n) is 7.94. The van der Waals surface area contributed by atoms with Crippen LogP contribution < -0.4 is 10.3 Å². The van der Waals surface area contributed by atoms with Gasteiger partial charge in [0.2, 0.25) is 5.91 Å². The Labute approximate surface area is 139 Å². The first-order chi connectivity index (χ1) is 11.5. The third kappa shape index (κ3) is 3.02. The number of rotatable bonds is 3. The monoisotopic (exact) mass is 329 g/mol. The highest BCUT2D eigenvalue weighted by Gasteiger charge is 2.35. The van der Waals surface area contributed by atoms with Crippen LogP contribution in [0.5, 0.6) is 0 Å². The van der Waals surface area contributed by atoms with E-state index >= 15 is 0 Å². The van der Waals surface area contributed by atoms with E-state index in [1.165, 1.54) is 0 Å². The summed E-state index contributed by atoms with van der Waals surface area (Å²) in [7, 11) is 0. The number of hydrogen-bond donors (Lipinski definition) is 1. The zero-order valence-corrected chi connectivity index (χ0v) is 13.6. The van der Waals surface area contributed by atoms with Crippen molar-refractivity contribution < 1.29 is 19.1 Å². The molecule has 7 nitrogen and oxygen atoms in total. The van der Waals surface area contributed by atoms with Crippen LogP contribution in [0, 0.1) is 0 Å². The number of amides is 2. The second kappa shape index (κ2) is 6.43. The van der Waals surface area contributed by atoms with E-state index < -0.39 is 12.1 Å². The van der Waals surface area contributed by atoms with E-state index in [9.17, 15) is 14.4 Å². The van der Waals surface area contributed by atoms with Gasteiger partial charge in [0.25, 0.3) is 5.91 Å². The van der Waals surface area contributed by atoms with Crippen LogP contribution in [0.2, 0.25) is 0 Å². The summed E-state index contributed by atoms with van der Waals surface area (Å²) in [5.41, 5.74) is 4.34. The maximum atomic E-state index is 12.7. The van der Waals surface area contributed by atoms with Gasteiger partial charge in [0.15, 0.2) is 6.10 Å². The standard InChI is InChI=1S/C17H19N3O4/c1-10-9-12-5-3-4-6-14(12)20(10)16(22)11(2)24-17(23)13-7-8-15(21)19-18-13/h3-6,10-11H,7-9H2,1-2H3,(H,19,21)/t10-,11+/m0/s1. The second-order valence-electron chi connectivity index (χ2n) is 6.03. The van der Waals surface area contributed by atoms with Crippen LogP contribution in [-0.4, -0.2) is 35.6 Å². The van der Waals surface area contributed by atoms with Crippen molar-refractivity contribution in [1.82, 2.24) is 5.43 Å². The molecule has 2 aliphatic heterocycles. The lowest BCUT2D eigenvalue weighted by molar-refractivity contribution is -0.147. The van der Waals surface area contributed by atoms with Gasteiger partial charge in [-0.05, 0) is 31.9 Å². The number of hydrogen-bond acceptors (Lipinski definition) is 5. The van der Waals surface area contributed by atoms with E-state index in [4.69, 9.17) is 4.74 Å². The molecule has 0 saturated heterocycles. The van der Waals surface area contributed by atoms with Crippen molar-refractivity contribution in [2.75, 3.05) is 4.90 Å². The van der Waals surface area contributed by atoms with E-state index in [0.29, 0.717) is 0 Å². The number of esters is 1. The number of nitrogens with zero attached hydrogens (tertiary/aromatic N) is 2. The summed E-state index contributed by atoms with van der Waals surface area (Å²) in [6.07, 6.45) is 0.259. The van der Waals surface area contributed by atoms with Gasteiger partial charge in [0.1, 0.15) is 5.71 Å². The third-order valence-corrected chi connectivity index (χ3v) is 4.22.